The van der Waals surface area contributed by atoms with Crippen LogP contribution in [0.15, 0.2) is 42.5 Å². The normalized spacial score (nSPS) is 20.3. The standard InChI is InChI=1S/C19H16IN3O5/c1-19(11-5-6-14-15(7-11)28-10-27-14)17(25)23(18(26)22-19)9-16(24)21-13-4-2-3-12(20)8-13/h2-8H,9-10H2,1H3,(H,21,24)(H,22,26). The van der Waals surface area contributed by atoms with Gasteiger partial charge in [-0.2, -0.15) is 0 Å². The molecule has 2 aromatic carbocycles. The molecule has 2 aliphatic rings. The van der Waals surface area contributed by atoms with E-state index in [2.05, 4.69) is 33.2 Å². The highest BCUT2D eigenvalue weighted by molar-refractivity contribution is 14.1. The van der Waals surface area contributed by atoms with Crippen LogP contribution in [0, 0.1) is 3.57 Å². The molecule has 4 amide bonds. The van der Waals surface area contributed by atoms with Crippen LogP contribution >= 0.6 is 22.6 Å². The molecule has 0 saturated carbocycles. The largest absolute Gasteiger partial charge is 0.454 e. The highest BCUT2D eigenvalue weighted by atomic mass is 127. The second-order valence-electron chi connectivity index (χ2n) is 6.57. The van der Waals surface area contributed by atoms with Crippen molar-refractivity contribution in [2.45, 2.75) is 12.5 Å². The molecule has 8 nitrogen and oxygen atoms in total. The summed E-state index contributed by atoms with van der Waals surface area (Å²) < 4.78 is 11.6. The minimum atomic E-state index is -1.29. The van der Waals surface area contributed by atoms with Crippen LogP contribution in [0.2, 0.25) is 0 Å². The Morgan fingerprint density at radius 2 is 2.00 bits per heavy atom. The van der Waals surface area contributed by atoms with Crippen molar-refractivity contribution in [3.8, 4) is 11.5 Å². The van der Waals surface area contributed by atoms with Gasteiger partial charge in [0, 0.05) is 9.26 Å². The van der Waals surface area contributed by atoms with Gasteiger partial charge in [-0.1, -0.05) is 12.1 Å². The molecule has 0 aliphatic carbocycles. The van der Waals surface area contributed by atoms with E-state index in [0.29, 0.717) is 22.7 Å². The molecule has 0 bridgehead atoms. The van der Waals surface area contributed by atoms with Crippen molar-refractivity contribution in [1.29, 1.82) is 0 Å². The number of fused-ring (bicyclic) bond motifs is 1. The van der Waals surface area contributed by atoms with Crippen molar-refractivity contribution < 1.29 is 23.9 Å². The fourth-order valence-corrected chi connectivity index (χ4v) is 3.70. The van der Waals surface area contributed by atoms with Crippen molar-refractivity contribution in [2.75, 3.05) is 18.7 Å². The number of benzene rings is 2. The lowest BCUT2D eigenvalue weighted by Gasteiger charge is -2.22. The molecule has 1 fully saturated rings. The van der Waals surface area contributed by atoms with Crippen LogP contribution in [-0.4, -0.2) is 36.1 Å². The highest BCUT2D eigenvalue weighted by Gasteiger charge is 2.49. The van der Waals surface area contributed by atoms with Gasteiger partial charge < -0.3 is 20.1 Å². The number of hydrogen-bond donors (Lipinski definition) is 2. The molecule has 4 rings (SSSR count). The maximum absolute atomic E-state index is 13.0. The van der Waals surface area contributed by atoms with Crippen molar-refractivity contribution in [3.63, 3.8) is 0 Å². The summed E-state index contributed by atoms with van der Waals surface area (Å²) in [4.78, 5) is 38.6. The Hall–Kier alpha value is -2.82. The molecule has 144 valence electrons. The van der Waals surface area contributed by atoms with Gasteiger partial charge in [0.1, 0.15) is 12.1 Å². The first kappa shape index (κ1) is 18.5. The van der Waals surface area contributed by atoms with E-state index in [-0.39, 0.29) is 13.3 Å². The lowest BCUT2D eigenvalue weighted by Crippen LogP contribution is -2.42. The maximum atomic E-state index is 13.0. The average molecular weight is 493 g/mol. The van der Waals surface area contributed by atoms with Crippen molar-refractivity contribution in [2.24, 2.45) is 0 Å². The molecule has 1 unspecified atom stereocenters. The quantitative estimate of drug-likeness (QED) is 0.504. The summed E-state index contributed by atoms with van der Waals surface area (Å²) in [5.74, 6) is 0.128. The van der Waals surface area contributed by atoms with Crippen LogP contribution in [0.4, 0.5) is 10.5 Å². The van der Waals surface area contributed by atoms with Gasteiger partial charge in [-0.05, 0) is 65.4 Å². The van der Waals surface area contributed by atoms with Crippen LogP contribution in [0.3, 0.4) is 0 Å². The van der Waals surface area contributed by atoms with Gasteiger partial charge in [-0.15, -0.1) is 0 Å². The number of halogens is 1. The Kier molecular flexibility index (Phi) is 4.61. The second-order valence-corrected chi connectivity index (χ2v) is 7.82. The first-order chi connectivity index (χ1) is 13.4. The Morgan fingerprint density at radius 1 is 1.21 bits per heavy atom. The first-order valence-electron chi connectivity index (χ1n) is 8.46. The SMILES string of the molecule is CC1(c2ccc3c(c2)OCO3)NC(=O)N(CC(=O)Nc2cccc(I)c2)C1=O. The van der Waals surface area contributed by atoms with E-state index >= 15 is 0 Å². The molecule has 28 heavy (non-hydrogen) atoms. The molecular formula is C19H16IN3O5. The average Bonchev–Trinajstić information content (AvgIpc) is 3.20. The zero-order valence-corrected chi connectivity index (χ0v) is 17.0. The summed E-state index contributed by atoms with van der Waals surface area (Å²) in [6.07, 6.45) is 0. The van der Waals surface area contributed by atoms with E-state index in [1.54, 1.807) is 37.3 Å². The Labute approximate surface area is 174 Å². The number of carbonyl (C=O) groups is 3. The van der Waals surface area contributed by atoms with Crippen molar-refractivity contribution >= 4 is 46.1 Å². The number of nitrogens with zero attached hydrogens (tertiary/aromatic N) is 1. The molecule has 9 heteroatoms. The molecule has 2 aliphatic heterocycles. The summed E-state index contributed by atoms with van der Waals surface area (Å²) in [7, 11) is 0. The third-order valence-electron chi connectivity index (χ3n) is 4.63. The Bertz CT molecular complexity index is 995. The van der Waals surface area contributed by atoms with Crippen LogP contribution in [0.1, 0.15) is 12.5 Å². The number of nitrogens with one attached hydrogen (secondary N) is 2. The van der Waals surface area contributed by atoms with Gasteiger partial charge in [0.05, 0.1) is 0 Å². The lowest BCUT2D eigenvalue weighted by molar-refractivity contribution is -0.133. The number of carbonyl (C=O) groups excluding carboxylic acids is 3. The summed E-state index contributed by atoms with van der Waals surface area (Å²) in [6.45, 7) is 1.33. The van der Waals surface area contributed by atoms with E-state index in [1.165, 1.54) is 0 Å². The Morgan fingerprint density at radius 3 is 2.79 bits per heavy atom. The molecule has 2 aromatic rings. The minimum Gasteiger partial charge on any atom is -0.454 e. The van der Waals surface area contributed by atoms with Crippen molar-refractivity contribution in [1.82, 2.24) is 10.2 Å². The zero-order chi connectivity index (χ0) is 19.9. The second kappa shape index (κ2) is 6.97. The summed E-state index contributed by atoms with van der Waals surface area (Å²) in [5.41, 5.74) is -0.140. The van der Waals surface area contributed by atoms with Crippen LogP contribution in [0.5, 0.6) is 11.5 Å². The van der Waals surface area contributed by atoms with Crippen LogP contribution in [-0.2, 0) is 15.1 Å². The van der Waals surface area contributed by atoms with Crippen LogP contribution in [0.25, 0.3) is 0 Å². The molecule has 0 radical (unpaired) electrons. The number of amides is 4. The zero-order valence-electron chi connectivity index (χ0n) is 14.8. The topological polar surface area (TPSA) is 97.0 Å². The summed E-state index contributed by atoms with van der Waals surface area (Å²) >= 11 is 2.13. The van der Waals surface area contributed by atoms with E-state index in [0.717, 1.165) is 8.47 Å². The van der Waals surface area contributed by atoms with E-state index in [4.69, 9.17) is 9.47 Å². The third-order valence-corrected chi connectivity index (χ3v) is 5.31. The number of hydrogen-bond acceptors (Lipinski definition) is 5. The lowest BCUT2D eigenvalue weighted by atomic mass is 9.91. The Balaban J connectivity index is 1.51. The summed E-state index contributed by atoms with van der Waals surface area (Å²) in [5, 5.41) is 5.37. The first-order valence-corrected chi connectivity index (χ1v) is 9.54. The fraction of sp³-hybridized carbons (Fsp3) is 0.211. The predicted molar refractivity (Wildman–Crippen MR) is 108 cm³/mol. The molecule has 0 aromatic heterocycles. The van der Waals surface area contributed by atoms with Gasteiger partial charge in [0.15, 0.2) is 11.5 Å². The van der Waals surface area contributed by atoms with Gasteiger partial charge >= 0.3 is 6.03 Å². The number of ether oxygens (including phenoxy) is 2. The number of rotatable bonds is 4. The molecular weight excluding hydrogens is 477 g/mol. The van der Waals surface area contributed by atoms with E-state index in [9.17, 15) is 14.4 Å². The number of imide groups is 1. The predicted octanol–water partition coefficient (Wildman–Crippen LogP) is 2.43. The van der Waals surface area contributed by atoms with Crippen LogP contribution < -0.4 is 20.1 Å². The molecule has 1 saturated heterocycles. The van der Waals surface area contributed by atoms with Gasteiger partial charge in [-0.25, -0.2) is 4.79 Å². The van der Waals surface area contributed by atoms with E-state index in [1.807, 2.05) is 12.1 Å². The fourth-order valence-electron chi connectivity index (χ4n) is 3.15. The molecule has 2 heterocycles. The molecule has 1 atom stereocenters. The monoisotopic (exact) mass is 493 g/mol. The summed E-state index contributed by atoms with van der Waals surface area (Å²) in [6, 6.07) is 11.7. The minimum absolute atomic E-state index is 0.112. The van der Waals surface area contributed by atoms with Gasteiger partial charge in [0.2, 0.25) is 12.7 Å². The van der Waals surface area contributed by atoms with Crippen molar-refractivity contribution in [3.05, 3.63) is 51.6 Å². The third kappa shape index (κ3) is 3.26. The van der Waals surface area contributed by atoms with Gasteiger partial charge in [-0.3, -0.25) is 14.5 Å². The highest BCUT2D eigenvalue weighted by Crippen LogP contribution is 2.37. The molecule has 0 spiro atoms. The van der Waals surface area contributed by atoms with E-state index < -0.39 is 23.4 Å². The smallest absolute Gasteiger partial charge is 0.325 e. The number of urea groups is 1. The number of anilines is 1. The maximum Gasteiger partial charge on any atom is 0.325 e. The molecule has 2 N–H and O–H groups in total. The van der Waals surface area contributed by atoms with Gasteiger partial charge in [0.25, 0.3) is 5.91 Å².